The summed E-state index contributed by atoms with van der Waals surface area (Å²) in [5.74, 6) is 5.29. The Balaban J connectivity index is 2.09. The predicted molar refractivity (Wildman–Crippen MR) is 80.8 cm³/mol. The molecule has 1 atom stereocenters. The summed E-state index contributed by atoms with van der Waals surface area (Å²) in [5.41, 5.74) is 3.99. The zero-order chi connectivity index (χ0) is 15.2. The van der Waals surface area contributed by atoms with Crippen molar-refractivity contribution in [2.24, 2.45) is 5.84 Å². The average molecular weight is 288 g/mol. The van der Waals surface area contributed by atoms with Crippen LogP contribution >= 0.6 is 0 Å². The molecule has 0 aliphatic heterocycles. The summed E-state index contributed by atoms with van der Waals surface area (Å²) in [5, 5.41) is 23.9. The zero-order valence-corrected chi connectivity index (χ0v) is 11.2. The average Bonchev–Trinajstić information content (AvgIpc) is 2.53. The van der Waals surface area contributed by atoms with E-state index in [1.165, 1.54) is 12.1 Å². The maximum absolute atomic E-state index is 10.8. The number of benzene rings is 2. The lowest BCUT2D eigenvalue weighted by atomic mass is 10.1. The van der Waals surface area contributed by atoms with Crippen LogP contribution in [0.5, 0.6) is 0 Å². The Morgan fingerprint density at radius 2 is 1.86 bits per heavy atom. The van der Waals surface area contributed by atoms with Crippen molar-refractivity contribution >= 4 is 17.1 Å². The minimum atomic E-state index is -0.709. The first kappa shape index (κ1) is 14.8. The third-order valence-electron chi connectivity index (χ3n) is 2.98. The molecule has 21 heavy (non-hydrogen) atoms. The summed E-state index contributed by atoms with van der Waals surface area (Å²) < 4.78 is 0. The fourth-order valence-electron chi connectivity index (χ4n) is 1.91. The number of aliphatic hydroxyl groups excluding tert-OH is 1. The fraction of sp³-hybridized carbons (Fsp3) is 0.143. The van der Waals surface area contributed by atoms with Gasteiger partial charge in [0.25, 0.3) is 5.69 Å². The van der Waals surface area contributed by atoms with Crippen LogP contribution in [0.4, 0.5) is 17.1 Å². The Morgan fingerprint density at radius 1 is 1.19 bits per heavy atom. The number of nitro benzene ring substituents is 1. The van der Waals surface area contributed by atoms with Gasteiger partial charge in [-0.3, -0.25) is 16.0 Å². The molecule has 2 aromatic carbocycles. The second-order valence-corrected chi connectivity index (χ2v) is 4.48. The van der Waals surface area contributed by atoms with Crippen molar-refractivity contribution in [3.05, 3.63) is 64.2 Å². The Bertz CT molecular complexity index is 619. The Labute approximate surface area is 121 Å². The van der Waals surface area contributed by atoms with Crippen LogP contribution in [0.15, 0.2) is 48.5 Å². The molecule has 0 fully saturated rings. The summed E-state index contributed by atoms with van der Waals surface area (Å²) in [6.07, 6.45) is -0.709. The minimum absolute atomic E-state index is 0.0813. The van der Waals surface area contributed by atoms with E-state index in [0.29, 0.717) is 11.4 Å². The van der Waals surface area contributed by atoms with Crippen molar-refractivity contribution < 1.29 is 10.0 Å². The van der Waals surface area contributed by atoms with E-state index in [4.69, 9.17) is 5.84 Å². The molecule has 0 saturated heterocycles. The van der Waals surface area contributed by atoms with Crippen LogP contribution in [0.1, 0.15) is 11.7 Å². The van der Waals surface area contributed by atoms with E-state index in [2.05, 4.69) is 10.7 Å². The molecule has 110 valence electrons. The number of nitrogens with two attached hydrogens (primary N) is 1. The Kier molecular flexibility index (Phi) is 4.70. The minimum Gasteiger partial charge on any atom is -0.387 e. The number of hydrazine groups is 1. The van der Waals surface area contributed by atoms with Crippen LogP contribution < -0.4 is 16.6 Å². The van der Waals surface area contributed by atoms with Gasteiger partial charge >= 0.3 is 0 Å². The van der Waals surface area contributed by atoms with Gasteiger partial charge in [-0.2, -0.15) is 0 Å². The number of nitrogens with one attached hydrogen (secondary N) is 2. The van der Waals surface area contributed by atoms with Gasteiger partial charge in [0.15, 0.2) is 0 Å². The Hall–Kier alpha value is -2.64. The zero-order valence-electron chi connectivity index (χ0n) is 11.2. The van der Waals surface area contributed by atoms with Crippen LogP contribution in [0.2, 0.25) is 0 Å². The van der Waals surface area contributed by atoms with E-state index in [0.717, 1.165) is 5.56 Å². The summed E-state index contributed by atoms with van der Waals surface area (Å²) in [6, 6.07) is 13.5. The molecule has 0 aliphatic rings. The fourth-order valence-corrected chi connectivity index (χ4v) is 1.91. The van der Waals surface area contributed by atoms with Crippen LogP contribution in [0.25, 0.3) is 0 Å². The van der Waals surface area contributed by atoms with Gasteiger partial charge in [0.05, 0.1) is 16.7 Å². The van der Waals surface area contributed by atoms with Crippen molar-refractivity contribution in [1.29, 1.82) is 0 Å². The van der Waals surface area contributed by atoms with Gasteiger partial charge in [-0.1, -0.05) is 30.3 Å². The van der Waals surface area contributed by atoms with Crippen molar-refractivity contribution in [1.82, 2.24) is 0 Å². The van der Waals surface area contributed by atoms with Crippen LogP contribution in [-0.2, 0) is 0 Å². The standard InChI is InChI=1S/C14H16N4O3/c15-17-12-6-11(7-13(8-12)18(20)21)16-9-14(19)10-4-2-1-3-5-10/h1-8,14,16-17,19H,9,15H2. The van der Waals surface area contributed by atoms with Crippen LogP contribution in [-0.4, -0.2) is 16.6 Å². The third kappa shape index (κ3) is 3.91. The molecule has 0 radical (unpaired) electrons. The molecule has 0 aliphatic carbocycles. The first-order valence-electron chi connectivity index (χ1n) is 6.33. The number of aliphatic hydroxyl groups is 1. The summed E-state index contributed by atoms with van der Waals surface area (Å²) in [7, 11) is 0. The third-order valence-corrected chi connectivity index (χ3v) is 2.98. The normalized spacial score (nSPS) is 11.7. The van der Waals surface area contributed by atoms with Crippen LogP contribution in [0.3, 0.4) is 0 Å². The van der Waals surface area contributed by atoms with E-state index in [1.807, 2.05) is 30.3 Å². The van der Waals surface area contributed by atoms with Crippen molar-refractivity contribution in [3.8, 4) is 0 Å². The van der Waals surface area contributed by atoms with E-state index < -0.39 is 11.0 Å². The molecule has 0 bridgehead atoms. The lowest BCUT2D eigenvalue weighted by Gasteiger charge is -2.13. The quantitative estimate of drug-likeness (QED) is 0.367. The molecule has 7 nitrogen and oxygen atoms in total. The second-order valence-electron chi connectivity index (χ2n) is 4.48. The monoisotopic (exact) mass is 288 g/mol. The van der Waals surface area contributed by atoms with Crippen LogP contribution in [0, 0.1) is 10.1 Å². The highest BCUT2D eigenvalue weighted by Crippen LogP contribution is 2.24. The van der Waals surface area contributed by atoms with Gasteiger partial charge in [0.2, 0.25) is 0 Å². The van der Waals surface area contributed by atoms with E-state index >= 15 is 0 Å². The number of nitrogen functional groups attached to an aromatic ring is 1. The number of rotatable bonds is 6. The molecule has 7 heteroatoms. The van der Waals surface area contributed by atoms with Gasteiger partial charge in [0, 0.05) is 24.4 Å². The lowest BCUT2D eigenvalue weighted by Crippen LogP contribution is -2.13. The largest absolute Gasteiger partial charge is 0.387 e. The molecule has 2 rings (SSSR count). The molecule has 0 aromatic heterocycles. The van der Waals surface area contributed by atoms with Crippen molar-refractivity contribution in [3.63, 3.8) is 0 Å². The van der Waals surface area contributed by atoms with Gasteiger partial charge < -0.3 is 15.8 Å². The highest BCUT2D eigenvalue weighted by molar-refractivity contribution is 5.63. The highest BCUT2D eigenvalue weighted by Gasteiger charge is 2.11. The van der Waals surface area contributed by atoms with E-state index in [1.54, 1.807) is 6.07 Å². The molecule has 5 N–H and O–H groups in total. The summed E-state index contributed by atoms with van der Waals surface area (Å²) in [4.78, 5) is 10.3. The number of hydrogen-bond acceptors (Lipinski definition) is 6. The number of hydrogen-bond donors (Lipinski definition) is 4. The van der Waals surface area contributed by atoms with Gasteiger partial charge in [-0.25, -0.2) is 0 Å². The highest BCUT2D eigenvalue weighted by atomic mass is 16.6. The molecule has 2 aromatic rings. The summed E-state index contributed by atoms with van der Waals surface area (Å²) in [6.45, 7) is 0.231. The molecule has 0 heterocycles. The topological polar surface area (TPSA) is 113 Å². The number of nitrogens with zero attached hydrogens (tertiary/aromatic N) is 1. The first-order chi connectivity index (χ1) is 10.1. The molecular weight excluding hydrogens is 272 g/mol. The van der Waals surface area contributed by atoms with E-state index in [-0.39, 0.29) is 12.2 Å². The molecule has 0 spiro atoms. The molecular formula is C14H16N4O3. The smallest absolute Gasteiger partial charge is 0.273 e. The first-order valence-corrected chi connectivity index (χ1v) is 6.33. The predicted octanol–water partition coefficient (Wildman–Crippen LogP) is 2.03. The lowest BCUT2D eigenvalue weighted by molar-refractivity contribution is -0.384. The number of non-ortho nitro benzene ring substituents is 1. The summed E-state index contributed by atoms with van der Waals surface area (Å²) >= 11 is 0. The molecule has 0 saturated carbocycles. The second kappa shape index (κ2) is 6.69. The maximum atomic E-state index is 10.8. The van der Waals surface area contributed by atoms with Gasteiger partial charge in [-0.15, -0.1) is 0 Å². The number of anilines is 2. The maximum Gasteiger partial charge on any atom is 0.273 e. The SMILES string of the molecule is NNc1cc(NCC(O)c2ccccc2)cc([N+](=O)[O-])c1. The Morgan fingerprint density at radius 3 is 2.48 bits per heavy atom. The van der Waals surface area contributed by atoms with Crippen molar-refractivity contribution in [2.75, 3.05) is 17.3 Å². The molecule has 1 unspecified atom stereocenters. The number of nitro groups is 1. The molecule has 0 amide bonds. The van der Waals surface area contributed by atoms with Gasteiger partial charge in [0.1, 0.15) is 0 Å². The van der Waals surface area contributed by atoms with Crippen molar-refractivity contribution in [2.45, 2.75) is 6.10 Å². The van der Waals surface area contributed by atoms with E-state index in [9.17, 15) is 15.2 Å². The van der Waals surface area contributed by atoms with Gasteiger partial charge in [-0.05, 0) is 11.6 Å².